The van der Waals surface area contributed by atoms with Gasteiger partial charge in [0, 0.05) is 5.56 Å². The molecule has 0 bridgehead atoms. The molecule has 0 atom stereocenters. The van der Waals surface area contributed by atoms with E-state index in [1.165, 1.54) is 11.1 Å². The fraction of sp³-hybridized carbons (Fsp3) is 0.217. The van der Waals surface area contributed by atoms with E-state index in [4.69, 9.17) is 6.42 Å². The van der Waals surface area contributed by atoms with Gasteiger partial charge >= 0.3 is 0 Å². The molecule has 0 N–H and O–H groups in total. The zero-order valence-electron chi connectivity index (χ0n) is 14.7. The minimum absolute atomic E-state index is 0.454. The molecule has 0 saturated heterocycles. The van der Waals surface area contributed by atoms with Crippen LogP contribution in [0.5, 0.6) is 0 Å². The molecule has 0 aliphatic heterocycles. The Labute approximate surface area is 141 Å². The van der Waals surface area contributed by atoms with Gasteiger partial charge in [-0.3, -0.25) is 0 Å². The highest BCUT2D eigenvalue weighted by Crippen LogP contribution is 2.29. The molecule has 0 aliphatic rings. The molecule has 23 heavy (non-hydrogen) atoms. The smallest absolute Gasteiger partial charge is 0.0323 e. The predicted molar refractivity (Wildman–Crippen MR) is 104 cm³/mol. The van der Waals surface area contributed by atoms with E-state index in [1.54, 1.807) is 6.08 Å². The summed E-state index contributed by atoms with van der Waals surface area (Å²) in [7, 11) is 0. The fourth-order valence-corrected chi connectivity index (χ4v) is 2.59. The average Bonchev–Trinajstić information content (AvgIpc) is 2.53. The van der Waals surface area contributed by atoms with Crippen molar-refractivity contribution in [1.82, 2.24) is 0 Å². The number of hydrogen-bond acceptors (Lipinski definition) is 0. The first-order valence-corrected chi connectivity index (χ1v) is 7.89. The molecule has 0 radical (unpaired) electrons. The van der Waals surface area contributed by atoms with Crippen LogP contribution in [0.3, 0.4) is 0 Å². The summed E-state index contributed by atoms with van der Waals surface area (Å²) in [6.45, 7) is 16.1. The van der Waals surface area contributed by atoms with Crippen molar-refractivity contribution in [3.05, 3.63) is 89.6 Å². The number of rotatable bonds is 6. The van der Waals surface area contributed by atoms with Gasteiger partial charge in [0.05, 0.1) is 0 Å². The normalized spacial score (nSPS) is 12.5. The minimum atomic E-state index is 0.454. The van der Waals surface area contributed by atoms with E-state index < -0.39 is 0 Å². The summed E-state index contributed by atoms with van der Waals surface area (Å²) in [5.41, 5.74) is 6.64. The van der Waals surface area contributed by atoms with Crippen molar-refractivity contribution in [2.75, 3.05) is 0 Å². The molecule has 0 unspecified atom stereocenters. The Morgan fingerprint density at radius 2 is 1.96 bits per heavy atom. The zero-order chi connectivity index (χ0) is 17.4. The second-order valence-corrected chi connectivity index (χ2v) is 5.76. The van der Waals surface area contributed by atoms with E-state index in [9.17, 15) is 0 Å². The minimum Gasteiger partial charge on any atom is -0.115 e. The van der Waals surface area contributed by atoms with Crippen molar-refractivity contribution < 1.29 is 0 Å². The Hall–Kier alpha value is -2.52. The molecule has 1 aromatic rings. The Bertz CT molecular complexity index is 713. The highest BCUT2D eigenvalue weighted by Gasteiger charge is 2.11. The molecule has 1 rings (SSSR count). The maximum Gasteiger partial charge on any atom is 0.0323 e. The highest BCUT2D eigenvalue weighted by molar-refractivity contribution is 5.81. The van der Waals surface area contributed by atoms with Crippen LogP contribution in [0.4, 0.5) is 0 Å². The van der Waals surface area contributed by atoms with Crippen molar-refractivity contribution >= 4 is 5.57 Å². The van der Waals surface area contributed by atoms with Crippen LogP contribution in [0.15, 0.2) is 67.3 Å². The summed E-state index contributed by atoms with van der Waals surface area (Å²) < 4.78 is 0. The Kier molecular flexibility index (Phi) is 7.10. The number of hydrogen-bond donors (Lipinski definition) is 0. The molecular formula is C23H26. The topological polar surface area (TPSA) is 0 Å². The molecule has 0 aliphatic carbocycles. The first kappa shape index (κ1) is 18.5. The third-order valence-corrected chi connectivity index (χ3v) is 3.71. The summed E-state index contributed by atoms with van der Waals surface area (Å²) >= 11 is 0. The number of terminal acetylenes is 1. The van der Waals surface area contributed by atoms with E-state index in [0.717, 1.165) is 22.3 Å². The molecule has 1 aromatic carbocycles. The monoisotopic (exact) mass is 302 g/mol. The molecule has 118 valence electrons. The van der Waals surface area contributed by atoms with Crippen LogP contribution in [0.25, 0.3) is 5.57 Å². The SMILES string of the molecule is C#Cc1cc(C)c(C(C)C)cc1C(/C=C\C)=C/C(C=C)=C/C=C. The second kappa shape index (κ2) is 8.81. The standard InChI is InChI=1S/C23H26/c1-8-12-19(10-3)15-21(13-9-2)23-16-22(17(5)6)18(7)14-20(23)11-4/h4,8-10,12-17H,1,3H2,2,5-7H3/b13-9-,19-12+,21-15+. The molecule has 0 saturated carbocycles. The van der Waals surface area contributed by atoms with Gasteiger partial charge in [-0.2, -0.15) is 0 Å². The number of allylic oxidation sites excluding steroid dienone is 8. The molecule has 0 spiro atoms. The Morgan fingerprint density at radius 3 is 2.43 bits per heavy atom. The maximum atomic E-state index is 5.75. The second-order valence-electron chi connectivity index (χ2n) is 5.76. The molecule has 0 heterocycles. The summed E-state index contributed by atoms with van der Waals surface area (Å²) in [4.78, 5) is 0. The first-order valence-electron chi connectivity index (χ1n) is 7.89. The van der Waals surface area contributed by atoms with E-state index in [0.29, 0.717) is 5.92 Å². The third-order valence-electron chi connectivity index (χ3n) is 3.71. The van der Waals surface area contributed by atoms with E-state index in [-0.39, 0.29) is 0 Å². The Balaban J connectivity index is 3.66. The largest absolute Gasteiger partial charge is 0.115 e. The van der Waals surface area contributed by atoms with Gasteiger partial charge in [0.15, 0.2) is 0 Å². The molecule has 0 heteroatoms. The Morgan fingerprint density at radius 1 is 1.26 bits per heavy atom. The lowest BCUT2D eigenvalue weighted by atomic mass is 9.89. The van der Waals surface area contributed by atoms with Crippen molar-refractivity contribution in [2.24, 2.45) is 0 Å². The van der Waals surface area contributed by atoms with Gasteiger partial charge in [0.25, 0.3) is 0 Å². The lowest BCUT2D eigenvalue weighted by Crippen LogP contribution is -1.98. The van der Waals surface area contributed by atoms with Crippen molar-refractivity contribution in [3.8, 4) is 12.3 Å². The lowest BCUT2D eigenvalue weighted by Gasteiger charge is -2.15. The van der Waals surface area contributed by atoms with Gasteiger partial charge in [0.2, 0.25) is 0 Å². The predicted octanol–water partition coefficient (Wildman–Crippen LogP) is 6.36. The first-order chi connectivity index (χ1) is 11.0. The van der Waals surface area contributed by atoms with Crippen molar-refractivity contribution in [1.29, 1.82) is 0 Å². The average molecular weight is 302 g/mol. The third kappa shape index (κ3) is 4.73. The summed E-state index contributed by atoms with van der Waals surface area (Å²) in [5, 5.41) is 0. The molecule has 0 nitrogen and oxygen atoms in total. The highest BCUT2D eigenvalue weighted by atomic mass is 14.1. The van der Waals surface area contributed by atoms with Gasteiger partial charge in [-0.25, -0.2) is 0 Å². The van der Waals surface area contributed by atoms with Crippen LogP contribution in [-0.2, 0) is 0 Å². The van der Waals surface area contributed by atoms with Crippen LogP contribution in [0.1, 0.15) is 48.9 Å². The number of benzene rings is 1. The fourth-order valence-electron chi connectivity index (χ4n) is 2.59. The van der Waals surface area contributed by atoms with Gasteiger partial charge < -0.3 is 0 Å². The van der Waals surface area contributed by atoms with Gasteiger partial charge in [-0.15, -0.1) is 6.42 Å². The van der Waals surface area contributed by atoms with Gasteiger partial charge in [-0.1, -0.05) is 63.3 Å². The summed E-state index contributed by atoms with van der Waals surface area (Å²) in [6, 6.07) is 4.32. The molecule has 0 aromatic heterocycles. The van der Waals surface area contributed by atoms with E-state index in [1.807, 2.05) is 25.2 Å². The van der Waals surface area contributed by atoms with Crippen LogP contribution >= 0.6 is 0 Å². The van der Waals surface area contributed by atoms with Crippen LogP contribution in [0, 0.1) is 19.3 Å². The lowest BCUT2D eigenvalue weighted by molar-refractivity contribution is 0.855. The van der Waals surface area contributed by atoms with Crippen LogP contribution < -0.4 is 0 Å². The van der Waals surface area contributed by atoms with Crippen molar-refractivity contribution in [3.63, 3.8) is 0 Å². The van der Waals surface area contributed by atoms with Crippen molar-refractivity contribution in [2.45, 2.75) is 33.6 Å². The van der Waals surface area contributed by atoms with Crippen LogP contribution in [0.2, 0.25) is 0 Å². The number of aryl methyl sites for hydroxylation is 1. The molecule has 0 fully saturated rings. The summed E-state index contributed by atoms with van der Waals surface area (Å²) in [5.74, 6) is 3.28. The zero-order valence-corrected chi connectivity index (χ0v) is 14.7. The quantitative estimate of drug-likeness (QED) is 0.424. The van der Waals surface area contributed by atoms with E-state index >= 15 is 0 Å². The molecule has 0 amide bonds. The maximum absolute atomic E-state index is 5.75. The van der Waals surface area contributed by atoms with Gasteiger partial charge in [0.1, 0.15) is 0 Å². The molecular weight excluding hydrogens is 276 g/mol. The van der Waals surface area contributed by atoms with E-state index in [2.05, 4.69) is 64.1 Å². The summed E-state index contributed by atoms with van der Waals surface area (Å²) in [6.07, 6.45) is 17.5. The van der Waals surface area contributed by atoms with Crippen LogP contribution in [-0.4, -0.2) is 0 Å². The van der Waals surface area contributed by atoms with Gasteiger partial charge in [-0.05, 0) is 65.8 Å².